The molecule has 0 aliphatic carbocycles. The van der Waals surface area contributed by atoms with Crippen molar-refractivity contribution < 1.29 is 46.2 Å². The summed E-state index contributed by atoms with van der Waals surface area (Å²) in [6.45, 7) is 12.0. The molecule has 0 fully saturated rings. The Morgan fingerprint density at radius 2 is 0.958 bits per heavy atom. The molecule has 0 aromatic carbocycles. The first-order valence-electron chi connectivity index (χ1n) is 8.64. The Balaban J connectivity index is 5.73. The van der Waals surface area contributed by atoms with Crippen LogP contribution in [0.25, 0.3) is 0 Å². The van der Waals surface area contributed by atoms with E-state index >= 15 is 0 Å². The van der Waals surface area contributed by atoms with Crippen LogP contribution in [-0.2, 0) is 46.2 Å². The van der Waals surface area contributed by atoms with Gasteiger partial charge in [0.25, 0.3) is 0 Å². The summed E-state index contributed by atoms with van der Waals surface area (Å²) in [5, 5.41) is 0. The fourth-order valence-electron chi connectivity index (χ4n) is 1.67. The predicted octanol–water partition coefficient (Wildman–Crippen LogP) is 3.64. The van der Waals surface area contributed by atoms with Crippen LogP contribution in [0.4, 0.5) is 0 Å². The van der Waals surface area contributed by atoms with Gasteiger partial charge in [-0.25, -0.2) is 0 Å². The molecular formula is C15H36O7SiZr. The average Bonchev–Trinajstić information content (AvgIpc) is 2.59. The Hall–Kier alpha value is 0.820. The molecule has 0 spiro atoms. The van der Waals surface area contributed by atoms with Gasteiger partial charge in [-0.2, -0.15) is 0 Å². The van der Waals surface area contributed by atoms with Crippen molar-refractivity contribution in [3.63, 3.8) is 0 Å². The van der Waals surface area contributed by atoms with Crippen LogP contribution in [0.15, 0.2) is 0 Å². The van der Waals surface area contributed by atoms with E-state index in [0.717, 1.165) is 19.3 Å². The molecule has 0 aromatic heterocycles. The van der Waals surface area contributed by atoms with Crippen LogP contribution in [-0.4, -0.2) is 48.7 Å². The molecule has 0 bridgehead atoms. The van der Waals surface area contributed by atoms with E-state index in [1.807, 2.05) is 41.5 Å². The summed E-state index contributed by atoms with van der Waals surface area (Å²) >= 11 is -4.25. The Morgan fingerprint density at radius 1 is 0.667 bits per heavy atom. The third kappa shape index (κ3) is 8.01. The molecule has 0 aliphatic rings. The number of hydrogen-bond acceptors (Lipinski definition) is 7. The van der Waals surface area contributed by atoms with Gasteiger partial charge in [0.1, 0.15) is 0 Å². The molecule has 7 nitrogen and oxygen atoms in total. The van der Waals surface area contributed by atoms with Gasteiger partial charge < -0.3 is 0 Å². The fraction of sp³-hybridized carbons (Fsp3) is 1.00. The normalized spacial score (nSPS) is 18.9. The maximum absolute atomic E-state index is 6.21. The Kier molecular flexibility index (Phi) is 12.7. The Labute approximate surface area is 155 Å². The molecular weight excluding hydrogens is 411 g/mol. The topological polar surface area (TPSA) is 64.6 Å². The number of hydrogen-bond donors (Lipinski definition) is 0. The molecule has 3 unspecified atom stereocenters. The summed E-state index contributed by atoms with van der Waals surface area (Å²) in [6.07, 6.45) is 2.17. The molecule has 0 saturated heterocycles. The minimum atomic E-state index is -4.25. The zero-order chi connectivity index (χ0) is 18.8. The molecule has 0 radical (unpaired) electrons. The van der Waals surface area contributed by atoms with Gasteiger partial charge in [0.2, 0.25) is 0 Å². The predicted molar refractivity (Wildman–Crippen MR) is 90.4 cm³/mol. The SMILES string of the molecule is CCC(C)O[Si](OC(C)CC)(OC(C)CC)[O][Zr]([O]C)([O]C)[O]C. The third-order valence-corrected chi connectivity index (χ3v) is 13.7. The van der Waals surface area contributed by atoms with Gasteiger partial charge >= 0.3 is 156 Å². The van der Waals surface area contributed by atoms with E-state index in [0.29, 0.717) is 0 Å². The maximum atomic E-state index is 6.21. The van der Waals surface area contributed by atoms with Crippen molar-refractivity contribution in [1.29, 1.82) is 0 Å². The quantitative estimate of drug-likeness (QED) is 0.377. The molecule has 0 heterocycles. The van der Waals surface area contributed by atoms with Crippen LogP contribution >= 0.6 is 0 Å². The van der Waals surface area contributed by atoms with Gasteiger partial charge in [-0.15, -0.1) is 0 Å². The van der Waals surface area contributed by atoms with Crippen molar-refractivity contribution in [2.75, 3.05) is 21.3 Å². The molecule has 9 heteroatoms. The molecule has 24 heavy (non-hydrogen) atoms. The van der Waals surface area contributed by atoms with Crippen molar-refractivity contribution in [2.45, 2.75) is 79.1 Å². The van der Waals surface area contributed by atoms with Crippen LogP contribution in [0.3, 0.4) is 0 Å². The van der Waals surface area contributed by atoms with E-state index in [-0.39, 0.29) is 18.3 Å². The monoisotopic (exact) mass is 446 g/mol. The number of rotatable bonds is 14. The fourth-order valence-corrected chi connectivity index (χ4v) is 10.9. The van der Waals surface area contributed by atoms with Gasteiger partial charge in [0.15, 0.2) is 0 Å². The summed E-state index contributed by atoms with van der Waals surface area (Å²) in [5.74, 6) is 0. The first-order chi connectivity index (χ1) is 11.3. The Bertz CT molecular complexity index is 291. The summed E-state index contributed by atoms with van der Waals surface area (Å²) in [7, 11) is 1.01. The van der Waals surface area contributed by atoms with E-state index in [1.165, 1.54) is 21.3 Å². The van der Waals surface area contributed by atoms with Crippen LogP contribution < -0.4 is 0 Å². The summed E-state index contributed by atoms with van der Waals surface area (Å²) < 4.78 is 41.2. The molecule has 146 valence electrons. The van der Waals surface area contributed by atoms with Crippen LogP contribution in [0.1, 0.15) is 60.8 Å². The summed E-state index contributed by atoms with van der Waals surface area (Å²) in [6, 6.07) is 0. The zero-order valence-electron chi connectivity index (χ0n) is 16.7. The molecule has 3 atom stereocenters. The van der Waals surface area contributed by atoms with Crippen molar-refractivity contribution in [3.8, 4) is 0 Å². The van der Waals surface area contributed by atoms with Crippen LogP contribution in [0.2, 0.25) is 0 Å². The molecule has 0 rings (SSSR count). The molecule has 0 saturated carbocycles. The van der Waals surface area contributed by atoms with E-state index in [9.17, 15) is 0 Å². The van der Waals surface area contributed by atoms with E-state index < -0.39 is 31.1 Å². The first-order valence-corrected chi connectivity index (χ1v) is 14.3. The molecule has 0 amide bonds. The van der Waals surface area contributed by atoms with Crippen molar-refractivity contribution in [2.24, 2.45) is 0 Å². The van der Waals surface area contributed by atoms with Gasteiger partial charge in [-0.3, -0.25) is 0 Å². The van der Waals surface area contributed by atoms with Crippen LogP contribution in [0, 0.1) is 0 Å². The van der Waals surface area contributed by atoms with E-state index in [2.05, 4.69) is 0 Å². The van der Waals surface area contributed by atoms with Gasteiger partial charge in [0, 0.05) is 0 Å². The third-order valence-electron chi connectivity index (χ3n) is 3.76. The second-order valence-corrected chi connectivity index (χ2v) is 14.6. The van der Waals surface area contributed by atoms with Gasteiger partial charge in [0.05, 0.1) is 0 Å². The van der Waals surface area contributed by atoms with Gasteiger partial charge in [-0.05, 0) is 0 Å². The van der Waals surface area contributed by atoms with Crippen molar-refractivity contribution in [1.82, 2.24) is 0 Å². The van der Waals surface area contributed by atoms with E-state index in [4.69, 9.17) is 24.2 Å². The average molecular weight is 448 g/mol. The first kappa shape index (κ1) is 24.8. The van der Waals surface area contributed by atoms with E-state index in [1.54, 1.807) is 0 Å². The minimum absolute atomic E-state index is 0.0839. The summed E-state index contributed by atoms with van der Waals surface area (Å²) in [4.78, 5) is 0. The summed E-state index contributed by atoms with van der Waals surface area (Å²) in [5.41, 5.74) is 0. The molecule has 0 aromatic rings. The van der Waals surface area contributed by atoms with Crippen molar-refractivity contribution in [3.05, 3.63) is 0 Å². The Morgan fingerprint density at radius 3 is 1.17 bits per heavy atom. The van der Waals surface area contributed by atoms with Crippen LogP contribution in [0.5, 0.6) is 0 Å². The molecule has 0 N–H and O–H groups in total. The van der Waals surface area contributed by atoms with Gasteiger partial charge in [-0.1, -0.05) is 0 Å². The second-order valence-electron chi connectivity index (χ2n) is 5.72. The zero-order valence-corrected chi connectivity index (χ0v) is 20.2. The standard InChI is InChI=1S/C12H27O4Si.3CH3O.Zr/c1-7-10(4)14-17(13,15-11(5)8-2)16-12(6)9-3;3*1-2;/h10-12H,7-9H2,1-6H3;3*1H3;/q4*-1;+4. The molecule has 0 aliphatic heterocycles. The second kappa shape index (κ2) is 12.3. The van der Waals surface area contributed by atoms with Crippen molar-refractivity contribution >= 4 is 9.05 Å².